The number of carbonyl (C=O) groups is 1. The second kappa shape index (κ2) is 6.21. The summed E-state index contributed by atoms with van der Waals surface area (Å²) >= 11 is 0. The fourth-order valence-corrected chi connectivity index (χ4v) is 2.06. The molecule has 3 atom stereocenters. The highest BCUT2D eigenvalue weighted by Crippen LogP contribution is 2.23. The van der Waals surface area contributed by atoms with Crippen LogP contribution in [0.3, 0.4) is 0 Å². The van der Waals surface area contributed by atoms with E-state index in [0.29, 0.717) is 6.61 Å². The summed E-state index contributed by atoms with van der Waals surface area (Å²) in [4.78, 5) is 12.0. The van der Waals surface area contributed by atoms with Crippen LogP contribution in [0.15, 0.2) is 0 Å². The maximum absolute atomic E-state index is 12.0. The van der Waals surface area contributed by atoms with Gasteiger partial charge in [0.1, 0.15) is 0 Å². The van der Waals surface area contributed by atoms with Gasteiger partial charge in [-0.1, -0.05) is 20.8 Å². The molecule has 2 unspecified atom stereocenters. The predicted molar refractivity (Wildman–Crippen MR) is 62.0 cm³/mol. The molecule has 0 aromatic rings. The van der Waals surface area contributed by atoms with E-state index in [1.54, 1.807) is 0 Å². The van der Waals surface area contributed by atoms with Crippen LogP contribution in [-0.4, -0.2) is 36.4 Å². The van der Waals surface area contributed by atoms with Crippen molar-refractivity contribution >= 4 is 5.91 Å². The van der Waals surface area contributed by atoms with Gasteiger partial charge in [0.15, 0.2) is 0 Å². The highest BCUT2D eigenvalue weighted by Gasteiger charge is 2.33. The van der Waals surface area contributed by atoms with Crippen LogP contribution in [0, 0.1) is 11.8 Å². The number of nitrogens with one attached hydrogen (secondary N) is 1. The van der Waals surface area contributed by atoms with Crippen LogP contribution in [0.4, 0.5) is 0 Å². The van der Waals surface area contributed by atoms with E-state index in [-0.39, 0.29) is 36.5 Å². The largest absolute Gasteiger partial charge is 0.394 e. The van der Waals surface area contributed by atoms with Crippen LogP contribution in [0.2, 0.25) is 0 Å². The first-order chi connectivity index (χ1) is 7.60. The van der Waals surface area contributed by atoms with E-state index in [9.17, 15) is 4.79 Å². The lowest BCUT2D eigenvalue weighted by Gasteiger charge is -2.23. The third-order valence-electron chi connectivity index (χ3n) is 3.28. The first-order valence-corrected chi connectivity index (χ1v) is 6.13. The molecule has 2 N–H and O–H groups in total. The highest BCUT2D eigenvalue weighted by molar-refractivity contribution is 5.79. The summed E-state index contributed by atoms with van der Waals surface area (Å²) in [5.74, 6) is 0.228. The van der Waals surface area contributed by atoms with Gasteiger partial charge in [-0.15, -0.1) is 0 Å². The maximum Gasteiger partial charge on any atom is 0.226 e. The zero-order valence-corrected chi connectivity index (χ0v) is 10.4. The topological polar surface area (TPSA) is 58.6 Å². The number of carbonyl (C=O) groups excluding carboxylic acids is 1. The van der Waals surface area contributed by atoms with Gasteiger partial charge in [0.2, 0.25) is 5.91 Å². The van der Waals surface area contributed by atoms with Gasteiger partial charge >= 0.3 is 0 Å². The molecule has 1 rings (SSSR count). The van der Waals surface area contributed by atoms with Crippen molar-refractivity contribution in [2.45, 2.75) is 45.8 Å². The lowest BCUT2D eigenvalue weighted by molar-refractivity contribution is -0.128. The molecule has 4 nitrogen and oxygen atoms in total. The molecule has 1 aliphatic rings. The molecule has 94 valence electrons. The molecular weight excluding hydrogens is 206 g/mol. The van der Waals surface area contributed by atoms with Crippen LogP contribution in [0.25, 0.3) is 0 Å². The molecule has 0 radical (unpaired) electrons. The van der Waals surface area contributed by atoms with Gasteiger partial charge in [-0.05, 0) is 18.8 Å². The van der Waals surface area contributed by atoms with Gasteiger partial charge in [0.05, 0.1) is 24.7 Å². The fraction of sp³-hybridized carbons (Fsp3) is 0.917. The highest BCUT2D eigenvalue weighted by atomic mass is 16.5. The predicted octanol–water partition coefficient (Wildman–Crippen LogP) is 0.935. The van der Waals surface area contributed by atoms with Crippen LogP contribution in [-0.2, 0) is 9.53 Å². The monoisotopic (exact) mass is 229 g/mol. The standard InChI is InChI=1S/C12H23NO3/c1-4-11-9(5-6-16-11)12(15)13-10(7-14)8(2)3/h8-11,14H,4-7H2,1-3H3,(H,13,15)/t9?,10-,11?/m1/s1. The molecule has 1 fully saturated rings. The first kappa shape index (κ1) is 13.5. The van der Waals surface area contributed by atoms with Crippen molar-refractivity contribution in [1.29, 1.82) is 0 Å². The Balaban J connectivity index is 2.50. The van der Waals surface area contributed by atoms with Crippen molar-refractivity contribution in [3.05, 3.63) is 0 Å². The minimum Gasteiger partial charge on any atom is -0.394 e. The quantitative estimate of drug-likeness (QED) is 0.737. The molecule has 0 saturated carbocycles. The van der Waals surface area contributed by atoms with E-state index in [4.69, 9.17) is 9.84 Å². The summed E-state index contributed by atoms with van der Waals surface area (Å²) in [6, 6.07) is -0.148. The van der Waals surface area contributed by atoms with Gasteiger partial charge < -0.3 is 15.2 Å². The van der Waals surface area contributed by atoms with Crippen LogP contribution in [0.1, 0.15) is 33.6 Å². The molecule has 1 saturated heterocycles. The third kappa shape index (κ3) is 3.19. The van der Waals surface area contributed by atoms with Crippen molar-refractivity contribution < 1.29 is 14.6 Å². The van der Waals surface area contributed by atoms with E-state index in [0.717, 1.165) is 12.8 Å². The molecule has 0 aromatic heterocycles. The van der Waals surface area contributed by atoms with Crippen LogP contribution >= 0.6 is 0 Å². The summed E-state index contributed by atoms with van der Waals surface area (Å²) in [5, 5.41) is 12.1. The Morgan fingerprint density at radius 1 is 1.56 bits per heavy atom. The Morgan fingerprint density at radius 2 is 2.25 bits per heavy atom. The van der Waals surface area contributed by atoms with Crippen molar-refractivity contribution in [1.82, 2.24) is 5.32 Å². The number of aliphatic hydroxyl groups is 1. The molecular formula is C12H23NO3. The molecule has 1 heterocycles. The van der Waals surface area contributed by atoms with Crippen molar-refractivity contribution in [3.8, 4) is 0 Å². The molecule has 1 aliphatic heterocycles. The van der Waals surface area contributed by atoms with Crippen molar-refractivity contribution in [2.75, 3.05) is 13.2 Å². The number of rotatable bonds is 5. The molecule has 0 spiro atoms. The Bertz CT molecular complexity index is 230. The maximum atomic E-state index is 12.0. The normalized spacial score (nSPS) is 27.1. The number of ether oxygens (including phenoxy) is 1. The fourth-order valence-electron chi connectivity index (χ4n) is 2.06. The molecule has 16 heavy (non-hydrogen) atoms. The van der Waals surface area contributed by atoms with Gasteiger partial charge in [-0.25, -0.2) is 0 Å². The molecule has 0 aliphatic carbocycles. The SMILES string of the molecule is CCC1OCCC1C(=O)N[C@H](CO)C(C)C. The van der Waals surface area contributed by atoms with Gasteiger partial charge in [0.25, 0.3) is 0 Å². The van der Waals surface area contributed by atoms with E-state index in [1.807, 2.05) is 20.8 Å². The Morgan fingerprint density at radius 3 is 2.75 bits per heavy atom. The Labute approximate surface area is 97.4 Å². The van der Waals surface area contributed by atoms with E-state index in [2.05, 4.69) is 5.32 Å². The summed E-state index contributed by atoms with van der Waals surface area (Å²) in [5.41, 5.74) is 0. The number of hydrogen-bond donors (Lipinski definition) is 2. The molecule has 1 amide bonds. The second-order valence-electron chi connectivity index (χ2n) is 4.75. The molecule has 0 bridgehead atoms. The van der Waals surface area contributed by atoms with Crippen molar-refractivity contribution in [2.24, 2.45) is 11.8 Å². The van der Waals surface area contributed by atoms with E-state index >= 15 is 0 Å². The minimum atomic E-state index is -0.148. The Hall–Kier alpha value is -0.610. The zero-order valence-electron chi connectivity index (χ0n) is 10.4. The van der Waals surface area contributed by atoms with Gasteiger partial charge in [-0.2, -0.15) is 0 Å². The van der Waals surface area contributed by atoms with Crippen LogP contribution < -0.4 is 5.32 Å². The van der Waals surface area contributed by atoms with E-state index < -0.39 is 0 Å². The van der Waals surface area contributed by atoms with E-state index in [1.165, 1.54) is 0 Å². The Kier molecular flexibility index (Phi) is 5.22. The summed E-state index contributed by atoms with van der Waals surface area (Å²) in [6.45, 7) is 6.67. The average molecular weight is 229 g/mol. The second-order valence-corrected chi connectivity index (χ2v) is 4.75. The zero-order chi connectivity index (χ0) is 12.1. The minimum absolute atomic E-state index is 0.00618. The smallest absolute Gasteiger partial charge is 0.226 e. The summed E-state index contributed by atoms with van der Waals surface area (Å²) in [7, 11) is 0. The molecule has 4 heteroatoms. The number of amides is 1. The van der Waals surface area contributed by atoms with Crippen LogP contribution in [0.5, 0.6) is 0 Å². The third-order valence-corrected chi connectivity index (χ3v) is 3.28. The van der Waals surface area contributed by atoms with Gasteiger partial charge in [-0.3, -0.25) is 4.79 Å². The lowest BCUT2D eigenvalue weighted by Crippen LogP contribution is -2.45. The average Bonchev–Trinajstić information content (AvgIpc) is 2.72. The lowest BCUT2D eigenvalue weighted by atomic mass is 9.97. The summed E-state index contributed by atoms with van der Waals surface area (Å²) < 4.78 is 5.49. The number of hydrogen-bond acceptors (Lipinski definition) is 3. The number of aliphatic hydroxyl groups excluding tert-OH is 1. The summed E-state index contributed by atoms with van der Waals surface area (Å²) in [6.07, 6.45) is 1.70. The first-order valence-electron chi connectivity index (χ1n) is 6.13. The van der Waals surface area contributed by atoms with Gasteiger partial charge in [0, 0.05) is 6.61 Å². The van der Waals surface area contributed by atoms with Crippen molar-refractivity contribution in [3.63, 3.8) is 0 Å². The molecule has 0 aromatic carbocycles.